The Kier molecular flexibility index (Phi) is 5.37. The maximum atomic E-state index is 12.4. The van der Waals surface area contributed by atoms with Gasteiger partial charge >= 0.3 is 0 Å². The van der Waals surface area contributed by atoms with Gasteiger partial charge in [-0.3, -0.25) is 9.59 Å². The van der Waals surface area contributed by atoms with E-state index in [1.54, 1.807) is 27.2 Å². The average molecular weight is 321 g/mol. The summed E-state index contributed by atoms with van der Waals surface area (Å²) in [6, 6.07) is 2.09. The Balaban J connectivity index is 1.98. The minimum absolute atomic E-state index is 0.00874. The van der Waals surface area contributed by atoms with Gasteiger partial charge in [0.05, 0.1) is 0 Å². The first-order chi connectivity index (χ1) is 10.4. The van der Waals surface area contributed by atoms with Gasteiger partial charge in [-0.15, -0.1) is 11.3 Å². The lowest BCUT2D eigenvalue weighted by Gasteiger charge is -2.33. The van der Waals surface area contributed by atoms with Crippen LogP contribution < -0.4 is 4.90 Å². The number of aryl methyl sites for hydroxylation is 2. The third-order valence-electron chi connectivity index (χ3n) is 3.52. The molecule has 1 aromatic heterocycles. The van der Waals surface area contributed by atoms with Crippen LogP contribution in [-0.4, -0.2) is 61.9 Å². The van der Waals surface area contributed by atoms with E-state index >= 15 is 0 Å². The molecule has 0 bridgehead atoms. The lowest BCUT2D eigenvalue weighted by molar-refractivity contribution is -0.133. The van der Waals surface area contributed by atoms with Crippen LogP contribution in [0.2, 0.25) is 0 Å². The van der Waals surface area contributed by atoms with Crippen molar-refractivity contribution < 1.29 is 9.59 Å². The number of nitrogens with zero attached hydrogens (tertiary/aromatic N) is 3. The van der Waals surface area contributed by atoms with Gasteiger partial charge in [0.2, 0.25) is 11.8 Å². The van der Waals surface area contributed by atoms with Crippen molar-refractivity contribution in [2.45, 2.75) is 13.8 Å². The number of amides is 2. The third-order valence-corrected chi connectivity index (χ3v) is 4.70. The number of anilines is 1. The Bertz CT molecular complexity index is 592. The molecule has 1 aliphatic heterocycles. The van der Waals surface area contributed by atoms with E-state index in [-0.39, 0.29) is 18.4 Å². The molecule has 1 aliphatic rings. The molecule has 2 amide bonds. The van der Waals surface area contributed by atoms with Crippen LogP contribution >= 0.6 is 11.3 Å². The van der Waals surface area contributed by atoms with Gasteiger partial charge in [0.15, 0.2) is 0 Å². The third kappa shape index (κ3) is 3.96. The molecule has 0 aromatic carbocycles. The normalized spacial score (nSPS) is 16.1. The number of rotatable bonds is 4. The summed E-state index contributed by atoms with van der Waals surface area (Å²) in [5.74, 6) is -0.0977. The molecule has 1 saturated heterocycles. The van der Waals surface area contributed by atoms with Gasteiger partial charge in [-0.05, 0) is 39.6 Å². The highest BCUT2D eigenvalue weighted by atomic mass is 32.1. The molecular weight excluding hydrogens is 298 g/mol. The van der Waals surface area contributed by atoms with Crippen LogP contribution in [0.4, 0.5) is 5.00 Å². The van der Waals surface area contributed by atoms with Crippen molar-refractivity contribution in [1.82, 2.24) is 9.80 Å². The van der Waals surface area contributed by atoms with Crippen molar-refractivity contribution in [3.63, 3.8) is 0 Å². The highest BCUT2D eigenvalue weighted by molar-refractivity contribution is 7.16. The fraction of sp³-hybridized carbons (Fsp3) is 0.500. The van der Waals surface area contributed by atoms with Gasteiger partial charge < -0.3 is 14.7 Å². The molecule has 1 fully saturated rings. The number of carbonyl (C=O) groups is 2. The molecule has 120 valence electrons. The van der Waals surface area contributed by atoms with Gasteiger partial charge in [-0.1, -0.05) is 6.08 Å². The zero-order valence-electron chi connectivity index (χ0n) is 13.6. The standard InChI is InChI=1S/C16H23N3O2S/c1-12-10-13(2)22-16(12)19-9-8-18(11-15(19)21)14(20)6-5-7-17(3)4/h5-6,10H,7-9,11H2,1-4H3/b6-5+. The first-order valence-corrected chi connectivity index (χ1v) is 8.17. The number of carbonyl (C=O) groups excluding carboxylic acids is 2. The topological polar surface area (TPSA) is 43.9 Å². The van der Waals surface area contributed by atoms with E-state index in [4.69, 9.17) is 0 Å². The Hall–Kier alpha value is -1.66. The number of likely N-dealkylation sites (N-methyl/N-ethyl adjacent to an activating group) is 1. The molecule has 6 heteroatoms. The monoisotopic (exact) mass is 321 g/mol. The van der Waals surface area contributed by atoms with Crippen LogP contribution in [0.1, 0.15) is 10.4 Å². The Morgan fingerprint density at radius 1 is 1.36 bits per heavy atom. The van der Waals surface area contributed by atoms with Gasteiger partial charge in [0.1, 0.15) is 11.5 Å². The van der Waals surface area contributed by atoms with Gasteiger partial charge in [0, 0.05) is 30.6 Å². The van der Waals surface area contributed by atoms with Crippen LogP contribution in [0, 0.1) is 13.8 Å². The molecule has 1 aromatic rings. The Morgan fingerprint density at radius 2 is 2.09 bits per heavy atom. The quantitative estimate of drug-likeness (QED) is 0.792. The summed E-state index contributed by atoms with van der Waals surface area (Å²) in [4.78, 5) is 31.0. The van der Waals surface area contributed by atoms with Crippen molar-refractivity contribution in [2.24, 2.45) is 0 Å². The molecule has 5 nitrogen and oxygen atoms in total. The lowest BCUT2D eigenvalue weighted by Crippen LogP contribution is -2.52. The van der Waals surface area contributed by atoms with Crippen LogP contribution in [0.5, 0.6) is 0 Å². The molecule has 0 saturated carbocycles. The summed E-state index contributed by atoms with van der Waals surface area (Å²) in [5, 5.41) is 1.01. The van der Waals surface area contributed by atoms with Gasteiger partial charge in [0.25, 0.3) is 0 Å². The zero-order chi connectivity index (χ0) is 16.3. The molecule has 0 atom stereocenters. The molecule has 2 rings (SSSR count). The Labute approximate surface area is 135 Å². The predicted octanol–water partition coefficient (Wildman–Crippen LogP) is 1.66. The summed E-state index contributed by atoms with van der Waals surface area (Å²) >= 11 is 1.63. The predicted molar refractivity (Wildman–Crippen MR) is 90.4 cm³/mol. The SMILES string of the molecule is Cc1cc(C)c(N2CCN(C(=O)/C=C/CN(C)C)CC2=O)s1. The molecule has 0 aliphatic carbocycles. The van der Waals surface area contributed by atoms with E-state index in [0.717, 1.165) is 10.6 Å². The minimum atomic E-state index is -0.0890. The molecule has 0 spiro atoms. The van der Waals surface area contributed by atoms with Crippen molar-refractivity contribution in [1.29, 1.82) is 0 Å². The maximum absolute atomic E-state index is 12.4. The molecule has 0 N–H and O–H groups in total. The van der Waals surface area contributed by atoms with Crippen LogP contribution in [0.3, 0.4) is 0 Å². The summed E-state index contributed by atoms with van der Waals surface area (Å²) in [5.41, 5.74) is 1.13. The van der Waals surface area contributed by atoms with Crippen molar-refractivity contribution in [3.8, 4) is 0 Å². The second-order valence-corrected chi connectivity index (χ2v) is 7.05. The first kappa shape index (κ1) is 16.7. The lowest BCUT2D eigenvalue weighted by atomic mass is 10.2. The molecular formula is C16H23N3O2S. The van der Waals surface area contributed by atoms with Crippen molar-refractivity contribution in [3.05, 3.63) is 28.7 Å². The average Bonchev–Trinajstić information content (AvgIpc) is 2.77. The first-order valence-electron chi connectivity index (χ1n) is 7.36. The number of hydrogen-bond acceptors (Lipinski definition) is 4. The van der Waals surface area contributed by atoms with E-state index in [9.17, 15) is 9.59 Å². The Morgan fingerprint density at radius 3 is 2.64 bits per heavy atom. The summed E-state index contributed by atoms with van der Waals surface area (Å²) < 4.78 is 0. The van der Waals surface area contributed by atoms with Gasteiger partial charge in [-0.2, -0.15) is 0 Å². The smallest absolute Gasteiger partial charge is 0.247 e. The van der Waals surface area contributed by atoms with Crippen LogP contribution in [0.15, 0.2) is 18.2 Å². The maximum Gasteiger partial charge on any atom is 0.247 e. The fourth-order valence-electron chi connectivity index (χ4n) is 2.44. The summed E-state index contributed by atoms with van der Waals surface area (Å²) in [6.45, 7) is 6.07. The van der Waals surface area contributed by atoms with E-state index in [0.29, 0.717) is 19.6 Å². The van der Waals surface area contributed by atoms with E-state index in [1.165, 1.54) is 4.88 Å². The van der Waals surface area contributed by atoms with E-state index < -0.39 is 0 Å². The highest BCUT2D eigenvalue weighted by Crippen LogP contribution is 2.31. The van der Waals surface area contributed by atoms with Crippen molar-refractivity contribution >= 4 is 28.2 Å². The second kappa shape index (κ2) is 7.07. The number of hydrogen-bond donors (Lipinski definition) is 0. The summed E-state index contributed by atoms with van der Waals surface area (Å²) in [6.07, 6.45) is 3.38. The molecule has 0 radical (unpaired) electrons. The zero-order valence-corrected chi connectivity index (χ0v) is 14.4. The minimum Gasteiger partial charge on any atom is -0.328 e. The summed E-state index contributed by atoms with van der Waals surface area (Å²) in [7, 11) is 3.89. The molecule has 0 unspecified atom stereocenters. The van der Waals surface area contributed by atoms with Crippen molar-refractivity contribution in [2.75, 3.05) is 45.2 Å². The highest BCUT2D eigenvalue weighted by Gasteiger charge is 2.28. The van der Waals surface area contributed by atoms with E-state index in [2.05, 4.69) is 6.07 Å². The molecule has 22 heavy (non-hydrogen) atoms. The van der Waals surface area contributed by atoms with Gasteiger partial charge in [-0.25, -0.2) is 0 Å². The number of thiophene rings is 1. The molecule has 2 heterocycles. The second-order valence-electron chi connectivity index (χ2n) is 5.81. The fourth-order valence-corrected chi connectivity index (χ4v) is 3.51. The van der Waals surface area contributed by atoms with Crippen LogP contribution in [0.25, 0.3) is 0 Å². The van der Waals surface area contributed by atoms with Crippen LogP contribution in [-0.2, 0) is 9.59 Å². The van der Waals surface area contributed by atoms with E-state index in [1.807, 2.05) is 38.9 Å². The number of piperazine rings is 1. The largest absolute Gasteiger partial charge is 0.328 e.